The van der Waals surface area contributed by atoms with Crippen LogP contribution in [0.1, 0.15) is 37.7 Å². The fraction of sp³-hybridized carbons (Fsp3) is 0.588. The Kier molecular flexibility index (Phi) is 4.15. The third-order valence-electron chi connectivity index (χ3n) is 5.12. The van der Waals surface area contributed by atoms with Crippen molar-refractivity contribution in [3.8, 4) is 0 Å². The molecular formula is C17H24N2O2. The van der Waals surface area contributed by atoms with Gasteiger partial charge in [-0.1, -0.05) is 30.3 Å². The van der Waals surface area contributed by atoms with E-state index in [1.807, 2.05) is 6.92 Å². The Bertz CT molecular complexity index is 483. The van der Waals surface area contributed by atoms with Crippen molar-refractivity contribution in [2.45, 2.75) is 44.2 Å². The standard InChI is InChI=1S/C17H24N2O2/c1-13-11-16(12-19(13)17(20)21)18-9-7-15(8-10-18)14-5-3-2-4-6-14/h2-6,13,15-16H,7-12H2,1H3,(H,20,21). The third-order valence-corrected chi connectivity index (χ3v) is 5.12. The summed E-state index contributed by atoms with van der Waals surface area (Å²) >= 11 is 0. The van der Waals surface area contributed by atoms with Crippen LogP contribution in [0.3, 0.4) is 0 Å². The van der Waals surface area contributed by atoms with E-state index in [-0.39, 0.29) is 6.04 Å². The number of hydrogen-bond acceptors (Lipinski definition) is 2. The summed E-state index contributed by atoms with van der Waals surface area (Å²) in [6.07, 6.45) is 2.57. The van der Waals surface area contributed by atoms with Crippen LogP contribution < -0.4 is 0 Å². The highest BCUT2D eigenvalue weighted by molar-refractivity contribution is 5.65. The molecule has 114 valence electrons. The van der Waals surface area contributed by atoms with E-state index in [1.165, 1.54) is 18.4 Å². The van der Waals surface area contributed by atoms with E-state index in [1.54, 1.807) is 4.90 Å². The molecule has 0 spiro atoms. The molecule has 3 rings (SSSR count). The quantitative estimate of drug-likeness (QED) is 0.910. The number of amides is 1. The van der Waals surface area contributed by atoms with Gasteiger partial charge < -0.3 is 10.0 Å². The van der Waals surface area contributed by atoms with Gasteiger partial charge in [-0.25, -0.2) is 4.79 Å². The van der Waals surface area contributed by atoms with Crippen LogP contribution >= 0.6 is 0 Å². The number of carbonyl (C=O) groups is 1. The molecule has 2 atom stereocenters. The van der Waals surface area contributed by atoms with Gasteiger partial charge in [0.25, 0.3) is 0 Å². The minimum Gasteiger partial charge on any atom is -0.465 e. The second kappa shape index (κ2) is 6.06. The number of benzene rings is 1. The minimum absolute atomic E-state index is 0.152. The summed E-state index contributed by atoms with van der Waals surface area (Å²) < 4.78 is 0. The molecule has 2 heterocycles. The Morgan fingerprint density at radius 2 is 1.86 bits per heavy atom. The van der Waals surface area contributed by atoms with Gasteiger partial charge in [-0.15, -0.1) is 0 Å². The van der Waals surface area contributed by atoms with Crippen LogP contribution in [0.5, 0.6) is 0 Å². The smallest absolute Gasteiger partial charge is 0.407 e. The molecule has 4 heteroatoms. The van der Waals surface area contributed by atoms with Crippen LogP contribution in [0.15, 0.2) is 30.3 Å². The zero-order chi connectivity index (χ0) is 14.8. The van der Waals surface area contributed by atoms with E-state index in [4.69, 9.17) is 0 Å². The van der Waals surface area contributed by atoms with Crippen molar-refractivity contribution in [2.24, 2.45) is 0 Å². The Morgan fingerprint density at radius 1 is 1.19 bits per heavy atom. The second-order valence-electron chi connectivity index (χ2n) is 6.39. The van der Waals surface area contributed by atoms with E-state index < -0.39 is 6.09 Å². The highest BCUT2D eigenvalue weighted by atomic mass is 16.4. The predicted molar refractivity (Wildman–Crippen MR) is 82.6 cm³/mol. The molecule has 2 unspecified atom stereocenters. The summed E-state index contributed by atoms with van der Waals surface area (Å²) in [5.74, 6) is 0.664. The first-order chi connectivity index (χ1) is 10.1. The molecule has 4 nitrogen and oxygen atoms in total. The molecule has 0 aliphatic carbocycles. The Balaban J connectivity index is 1.56. The summed E-state index contributed by atoms with van der Waals surface area (Å²) in [6.45, 7) is 4.87. The van der Waals surface area contributed by atoms with Crippen LogP contribution in [-0.4, -0.2) is 52.7 Å². The van der Waals surface area contributed by atoms with Gasteiger partial charge in [0.2, 0.25) is 0 Å². The summed E-state index contributed by atoms with van der Waals surface area (Å²) in [6, 6.07) is 11.3. The number of rotatable bonds is 2. The molecule has 0 saturated carbocycles. The lowest BCUT2D eigenvalue weighted by Crippen LogP contribution is -2.43. The Labute approximate surface area is 126 Å². The minimum atomic E-state index is -0.774. The van der Waals surface area contributed by atoms with Gasteiger partial charge in [0, 0.05) is 18.6 Å². The average Bonchev–Trinajstić information content (AvgIpc) is 2.90. The third kappa shape index (κ3) is 3.05. The highest BCUT2D eigenvalue weighted by Gasteiger charge is 2.36. The van der Waals surface area contributed by atoms with E-state index in [9.17, 15) is 9.90 Å². The maximum absolute atomic E-state index is 11.2. The molecule has 2 aliphatic heterocycles. The van der Waals surface area contributed by atoms with Crippen molar-refractivity contribution in [3.63, 3.8) is 0 Å². The fourth-order valence-electron chi connectivity index (χ4n) is 3.86. The number of piperidine rings is 1. The number of nitrogens with zero attached hydrogens (tertiary/aromatic N) is 2. The van der Waals surface area contributed by atoms with E-state index in [0.717, 1.165) is 19.5 Å². The van der Waals surface area contributed by atoms with E-state index in [2.05, 4.69) is 35.2 Å². The lowest BCUT2D eigenvalue weighted by molar-refractivity contribution is 0.131. The molecule has 1 aromatic carbocycles. The zero-order valence-electron chi connectivity index (χ0n) is 12.6. The summed E-state index contributed by atoms with van der Waals surface area (Å²) in [5, 5.41) is 9.20. The molecule has 1 aromatic rings. The van der Waals surface area contributed by atoms with Crippen molar-refractivity contribution in [1.29, 1.82) is 0 Å². The molecule has 2 saturated heterocycles. The average molecular weight is 288 g/mol. The monoisotopic (exact) mass is 288 g/mol. The highest BCUT2D eigenvalue weighted by Crippen LogP contribution is 2.31. The van der Waals surface area contributed by atoms with Crippen LogP contribution in [0.2, 0.25) is 0 Å². The molecule has 2 fully saturated rings. The Morgan fingerprint density at radius 3 is 2.43 bits per heavy atom. The number of hydrogen-bond donors (Lipinski definition) is 1. The first kappa shape index (κ1) is 14.4. The van der Waals surface area contributed by atoms with Gasteiger partial charge in [-0.2, -0.15) is 0 Å². The van der Waals surface area contributed by atoms with Crippen LogP contribution in [0, 0.1) is 0 Å². The topological polar surface area (TPSA) is 43.8 Å². The maximum atomic E-state index is 11.2. The second-order valence-corrected chi connectivity index (χ2v) is 6.39. The molecular weight excluding hydrogens is 264 g/mol. The summed E-state index contributed by atoms with van der Waals surface area (Å²) in [5.41, 5.74) is 1.45. The van der Waals surface area contributed by atoms with Crippen LogP contribution in [-0.2, 0) is 0 Å². The molecule has 2 aliphatic rings. The van der Waals surface area contributed by atoms with Gasteiger partial charge in [-0.3, -0.25) is 4.90 Å². The summed E-state index contributed by atoms with van der Waals surface area (Å²) in [4.78, 5) is 15.3. The molecule has 0 bridgehead atoms. The number of carboxylic acid groups (broad SMARTS) is 1. The van der Waals surface area contributed by atoms with Crippen molar-refractivity contribution in [3.05, 3.63) is 35.9 Å². The lowest BCUT2D eigenvalue weighted by atomic mass is 9.89. The Hall–Kier alpha value is -1.55. The van der Waals surface area contributed by atoms with Gasteiger partial charge in [-0.05, 0) is 50.8 Å². The molecule has 0 radical (unpaired) electrons. The zero-order valence-corrected chi connectivity index (χ0v) is 12.6. The molecule has 1 amide bonds. The molecule has 21 heavy (non-hydrogen) atoms. The lowest BCUT2D eigenvalue weighted by Gasteiger charge is -2.36. The van der Waals surface area contributed by atoms with Crippen molar-refractivity contribution in [1.82, 2.24) is 9.80 Å². The first-order valence-electron chi connectivity index (χ1n) is 7.93. The first-order valence-corrected chi connectivity index (χ1v) is 7.93. The van der Waals surface area contributed by atoms with Crippen LogP contribution in [0.4, 0.5) is 4.79 Å². The fourth-order valence-corrected chi connectivity index (χ4v) is 3.86. The predicted octanol–water partition coefficient (Wildman–Crippen LogP) is 3.01. The van der Waals surface area contributed by atoms with Crippen LogP contribution in [0.25, 0.3) is 0 Å². The van der Waals surface area contributed by atoms with Gasteiger partial charge in [0.1, 0.15) is 0 Å². The largest absolute Gasteiger partial charge is 0.465 e. The number of likely N-dealkylation sites (tertiary alicyclic amines) is 2. The maximum Gasteiger partial charge on any atom is 0.407 e. The SMILES string of the molecule is CC1CC(N2CCC(c3ccccc3)CC2)CN1C(=O)O. The van der Waals surface area contributed by atoms with E-state index in [0.29, 0.717) is 18.5 Å². The molecule has 0 aromatic heterocycles. The summed E-state index contributed by atoms with van der Waals surface area (Å²) in [7, 11) is 0. The van der Waals surface area contributed by atoms with Crippen molar-refractivity contribution >= 4 is 6.09 Å². The normalized spacial score (nSPS) is 28.0. The van der Waals surface area contributed by atoms with Crippen molar-refractivity contribution in [2.75, 3.05) is 19.6 Å². The molecule has 1 N–H and O–H groups in total. The van der Waals surface area contributed by atoms with Gasteiger partial charge in [0.15, 0.2) is 0 Å². The van der Waals surface area contributed by atoms with Crippen molar-refractivity contribution < 1.29 is 9.90 Å². The van der Waals surface area contributed by atoms with Gasteiger partial charge >= 0.3 is 6.09 Å². The van der Waals surface area contributed by atoms with Gasteiger partial charge in [0.05, 0.1) is 0 Å². The van der Waals surface area contributed by atoms with E-state index >= 15 is 0 Å².